The third kappa shape index (κ3) is 7.29. The summed E-state index contributed by atoms with van der Waals surface area (Å²) >= 11 is 0. The third-order valence-electron chi connectivity index (χ3n) is 2.26. The van der Waals surface area contributed by atoms with E-state index in [-0.39, 0.29) is 0 Å². The van der Waals surface area contributed by atoms with Crippen LogP contribution in [-0.4, -0.2) is 36.7 Å². The van der Waals surface area contributed by atoms with Crippen LogP contribution in [0.4, 0.5) is 0 Å². The first-order valence-electron chi connectivity index (χ1n) is 5.79. The van der Waals surface area contributed by atoms with Crippen LogP contribution in [0.1, 0.15) is 34.1 Å². The van der Waals surface area contributed by atoms with E-state index in [1.54, 1.807) is 0 Å². The number of nitrogens with zero attached hydrogens (tertiary/aromatic N) is 2. The number of rotatable bonds is 6. The topological polar surface area (TPSA) is 36.3 Å². The number of ether oxygens (including phenoxy) is 1. The number of hydrogen-bond donors (Lipinski definition) is 0. The molecule has 0 spiro atoms. The van der Waals surface area contributed by atoms with Crippen LogP contribution in [0.15, 0.2) is 0 Å². The van der Waals surface area contributed by atoms with Crippen LogP contribution in [0.25, 0.3) is 0 Å². The van der Waals surface area contributed by atoms with Crippen LogP contribution in [0.3, 0.4) is 0 Å². The molecule has 0 aliphatic heterocycles. The lowest BCUT2D eigenvalue weighted by Gasteiger charge is -2.18. The van der Waals surface area contributed by atoms with E-state index in [4.69, 9.17) is 10.00 Å². The predicted molar refractivity (Wildman–Crippen MR) is 65.8 cm³/mol. The van der Waals surface area contributed by atoms with Crippen molar-refractivity contribution in [3.8, 4) is 17.9 Å². The number of nitriles is 1. The van der Waals surface area contributed by atoms with Gasteiger partial charge in [-0.15, -0.1) is 0 Å². The van der Waals surface area contributed by atoms with Gasteiger partial charge in [-0.05, 0) is 26.9 Å². The summed E-state index contributed by atoms with van der Waals surface area (Å²) in [5.74, 6) is 6.22. The van der Waals surface area contributed by atoms with Crippen LogP contribution in [0, 0.1) is 23.2 Å². The molecule has 90 valence electrons. The molecule has 0 fully saturated rings. The predicted octanol–water partition coefficient (Wildman–Crippen LogP) is 2.04. The average Bonchev–Trinajstić information content (AvgIpc) is 2.24. The van der Waals surface area contributed by atoms with E-state index in [1.807, 2.05) is 13.8 Å². The lowest BCUT2D eigenvalue weighted by atomic mass is 10.1. The molecule has 0 saturated carbocycles. The Morgan fingerprint density at radius 3 is 2.38 bits per heavy atom. The van der Waals surface area contributed by atoms with Crippen molar-refractivity contribution in [2.24, 2.45) is 0 Å². The molecule has 0 N–H and O–H groups in total. The molecule has 0 aromatic rings. The molecule has 0 saturated heterocycles. The van der Waals surface area contributed by atoms with Crippen LogP contribution >= 0.6 is 0 Å². The van der Waals surface area contributed by atoms with Gasteiger partial charge in [0.1, 0.15) is 5.60 Å². The molecule has 0 aliphatic carbocycles. The summed E-state index contributed by atoms with van der Waals surface area (Å²) in [5, 5.41) is 8.40. The van der Waals surface area contributed by atoms with Crippen molar-refractivity contribution >= 4 is 0 Å². The van der Waals surface area contributed by atoms with Gasteiger partial charge in [-0.25, -0.2) is 0 Å². The average molecular weight is 222 g/mol. The molecule has 3 heteroatoms. The first-order chi connectivity index (χ1) is 7.55. The third-order valence-corrected chi connectivity index (χ3v) is 2.26. The monoisotopic (exact) mass is 222 g/mol. The van der Waals surface area contributed by atoms with Crippen LogP contribution in [-0.2, 0) is 4.74 Å². The minimum atomic E-state index is -0.454. The Kier molecular flexibility index (Phi) is 7.64. The Balaban J connectivity index is 4.04. The first kappa shape index (κ1) is 15.0. The van der Waals surface area contributed by atoms with Gasteiger partial charge in [-0.2, -0.15) is 5.26 Å². The maximum absolute atomic E-state index is 8.40. The molecule has 0 bridgehead atoms. The van der Waals surface area contributed by atoms with Gasteiger partial charge < -0.3 is 4.74 Å². The molecule has 0 aromatic carbocycles. The maximum atomic E-state index is 8.40. The van der Waals surface area contributed by atoms with Crippen LogP contribution in [0.2, 0.25) is 0 Å². The van der Waals surface area contributed by atoms with Gasteiger partial charge in [-0.3, -0.25) is 4.90 Å². The largest absolute Gasteiger partial charge is 0.362 e. The molecule has 0 heterocycles. The summed E-state index contributed by atoms with van der Waals surface area (Å²) in [4.78, 5) is 2.25. The summed E-state index contributed by atoms with van der Waals surface area (Å²) in [5.41, 5.74) is -0.454. The maximum Gasteiger partial charge on any atom is 0.123 e. The van der Waals surface area contributed by atoms with E-state index < -0.39 is 5.60 Å². The SMILES string of the molecule is CCN(CC)CC#CC(C)(C)OCCC#N. The second kappa shape index (κ2) is 8.16. The molecular formula is C13H22N2O. The van der Waals surface area contributed by atoms with Gasteiger partial charge in [0, 0.05) is 0 Å². The van der Waals surface area contributed by atoms with Crippen molar-refractivity contribution in [2.45, 2.75) is 39.7 Å². The first-order valence-corrected chi connectivity index (χ1v) is 5.79. The minimum absolute atomic E-state index is 0.418. The van der Waals surface area contributed by atoms with Crippen LogP contribution in [0.5, 0.6) is 0 Å². The van der Waals surface area contributed by atoms with E-state index in [2.05, 4.69) is 36.7 Å². The highest BCUT2D eigenvalue weighted by Crippen LogP contribution is 2.07. The van der Waals surface area contributed by atoms with E-state index in [0.717, 1.165) is 19.6 Å². The summed E-state index contributed by atoms with van der Waals surface area (Å²) in [6.45, 7) is 11.4. The van der Waals surface area contributed by atoms with Crippen molar-refractivity contribution < 1.29 is 4.74 Å². The Morgan fingerprint density at radius 1 is 1.25 bits per heavy atom. The van der Waals surface area contributed by atoms with Gasteiger partial charge in [-0.1, -0.05) is 25.7 Å². The van der Waals surface area contributed by atoms with E-state index in [0.29, 0.717) is 13.0 Å². The number of hydrogen-bond acceptors (Lipinski definition) is 3. The minimum Gasteiger partial charge on any atom is -0.362 e. The fourth-order valence-corrected chi connectivity index (χ4v) is 1.20. The van der Waals surface area contributed by atoms with Gasteiger partial charge >= 0.3 is 0 Å². The Labute approximate surface area is 99.4 Å². The van der Waals surface area contributed by atoms with Gasteiger partial charge in [0.15, 0.2) is 0 Å². The highest BCUT2D eigenvalue weighted by molar-refractivity contribution is 5.12. The van der Waals surface area contributed by atoms with Gasteiger partial charge in [0.05, 0.1) is 25.6 Å². The van der Waals surface area contributed by atoms with Crippen molar-refractivity contribution in [1.29, 1.82) is 5.26 Å². The smallest absolute Gasteiger partial charge is 0.123 e. The molecular weight excluding hydrogens is 200 g/mol. The zero-order valence-corrected chi connectivity index (χ0v) is 10.8. The molecule has 0 atom stereocenters. The van der Waals surface area contributed by atoms with E-state index in [9.17, 15) is 0 Å². The molecule has 0 aliphatic rings. The Hall–Kier alpha value is -1.03. The zero-order valence-electron chi connectivity index (χ0n) is 10.8. The highest BCUT2D eigenvalue weighted by atomic mass is 16.5. The summed E-state index contributed by atoms with van der Waals surface area (Å²) in [7, 11) is 0. The van der Waals surface area contributed by atoms with Crippen LogP contribution < -0.4 is 0 Å². The molecule has 0 amide bonds. The van der Waals surface area contributed by atoms with Crippen molar-refractivity contribution in [2.75, 3.05) is 26.2 Å². The summed E-state index contributed by atoms with van der Waals surface area (Å²) in [6, 6.07) is 2.05. The molecule has 0 rings (SSSR count). The quantitative estimate of drug-likeness (QED) is 0.509. The standard InChI is InChI=1S/C13H22N2O/c1-5-15(6-2)11-7-9-13(3,4)16-12-8-10-14/h5-6,8,11-12H2,1-4H3. The fourth-order valence-electron chi connectivity index (χ4n) is 1.20. The van der Waals surface area contributed by atoms with E-state index in [1.165, 1.54) is 0 Å². The normalized spacial score (nSPS) is 10.8. The Bertz CT molecular complexity index is 277. The molecule has 0 unspecified atom stereocenters. The fraction of sp³-hybridized carbons (Fsp3) is 0.769. The van der Waals surface area contributed by atoms with Gasteiger partial charge in [0.25, 0.3) is 0 Å². The van der Waals surface area contributed by atoms with Crippen molar-refractivity contribution in [1.82, 2.24) is 4.90 Å². The second-order valence-electron chi connectivity index (χ2n) is 4.03. The molecule has 0 aromatic heterocycles. The molecule has 3 nitrogen and oxygen atoms in total. The lowest BCUT2D eigenvalue weighted by molar-refractivity contribution is 0.0306. The van der Waals surface area contributed by atoms with Crippen molar-refractivity contribution in [3.63, 3.8) is 0 Å². The summed E-state index contributed by atoms with van der Waals surface area (Å²) in [6.07, 6.45) is 0.418. The molecule has 0 radical (unpaired) electrons. The van der Waals surface area contributed by atoms with Gasteiger partial charge in [0.2, 0.25) is 0 Å². The second-order valence-corrected chi connectivity index (χ2v) is 4.03. The summed E-state index contributed by atoms with van der Waals surface area (Å²) < 4.78 is 5.50. The highest BCUT2D eigenvalue weighted by Gasteiger charge is 2.13. The zero-order chi connectivity index (χ0) is 12.4. The lowest BCUT2D eigenvalue weighted by Crippen LogP contribution is -2.25. The Morgan fingerprint density at radius 2 is 1.88 bits per heavy atom. The molecule has 16 heavy (non-hydrogen) atoms. The van der Waals surface area contributed by atoms with E-state index >= 15 is 0 Å². The van der Waals surface area contributed by atoms with Crippen molar-refractivity contribution in [3.05, 3.63) is 0 Å².